The second-order valence-corrected chi connectivity index (χ2v) is 5.09. The van der Waals surface area contributed by atoms with Crippen molar-refractivity contribution in [3.8, 4) is 5.75 Å². The van der Waals surface area contributed by atoms with Gasteiger partial charge in [-0.05, 0) is 48.7 Å². The van der Waals surface area contributed by atoms with Gasteiger partial charge >= 0.3 is 11.8 Å². The second-order valence-electron chi connectivity index (χ2n) is 5.09. The molecule has 2 aromatic carbocycles. The van der Waals surface area contributed by atoms with Crippen LogP contribution in [0.25, 0.3) is 0 Å². The summed E-state index contributed by atoms with van der Waals surface area (Å²) < 4.78 is 13.1. The van der Waals surface area contributed by atoms with Gasteiger partial charge in [-0.15, -0.1) is 0 Å². The van der Waals surface area contributed by atoms with E-state index in [1.165, 1.54) is 12.1 Å². The molecule has 0 heterocycles. The number of anilines is 1. The highest BCUT2D eigenvalue weighted by molar-refractivity contribution is 6.39. The van der Waals surface area contributed by atoms with Gasteiger partial charge in [0, 0.05) is 12.2 Å². The quantitative estimate of drug-likeness (QED) is 0.756. The zero-order chi connectivity index (χ0) is 16.8. The molecule has 120 valence electrons. The summed E-state index contributed by atoms with van der Waals surface area (Å²) >= 11 is 0. The molecule has 5 nitrogen and oxygen atoms in total. The summed E-state index contributed by atoms with van der Waals surface area (Å²) in [7, 11) is 0. The third-order valence-corrected chi connectivity index (χ3v) is 3.26. The number of halogens is 1. The maximum atomic E-state index is 13.1. The zero-order valence-corrected chi connectivity index (χ0v) is 12.6. The van der Waals surface area contributed by atoms with Crippen LogP contribution in [0.1, 0.15) is 11.1 Å². The molecule has 0 aliphatic heterocycles. The molecule has 2 amide bonds. The first-order chi connectivity index (χ1) is 11.0. The van der Waals surface area contributed by atoms with Crippen LogP contribution in [0.3, 0.4) is 0 Å². The molecule has 2 rings (SSSR count). The lowest BCUT2D eigenvalue weighted by molar-refractivity contribution is -0.136. The molecule has 0 saturated heterocycles. The normalized spacial score (nSPS) is 10.2. The lowest BCUT2D eigenvalue weighted by Crippen LogP contribution is -2.36. The largest absolute Gasteiger partial charge is 0.508 e. The Morgan fingerprint density at radius 1 is 1.13 bits per heavy atom. The van der Waals surface area contributed by atoms with Crippen LogP contribution in [0, 0.1) is 12.7 Å². The van der Waals surface area contributed by atoms with Crippen LogP contribution < -0.4 is 10.6 Å². The summed E-state index contributed by atoms with van der Waals surface area (Å²) in [5, 5.41) is 14.2. The Morgan fingerprint density at radius 2 is 1.91 bits per heavy atom. The van der Waals surface area contributed by atoms with Crippen molar-refractivity contribution < 1.29 is 19.1 Å². The Hall–Kier alpha value is -2.89. The standard InChI is InChI=1S/C17H17FN2O3/c1-11-5-6-13(18)10-15(11)20-17(23)16(22)19-8-7-12-3-2-4-14(21)9-12/h2-6,9-10,21H,7-8H2,1H3,(H,19,22)(H,20,23). The number of carbonyl (C=O) groups excluding carboxylic acids is 2. The van der Waals surface area contributed by atoms with E-state index < -0.39 is 17.6 Å². The molecule has 0 radical (unpaired) electrons. The van der Waals surface area contributed by atoms with Gasteiger partial charge in [-0.3, -0.25) is 9.59 Å². The predicted molar refractivity (Wildman–Crippen MR) is 84.6 cm³/mol. The minimum atomic E-state index is -0.852. The van der Waals surface area contributed by atoms with E-state index in [1.54, 1.807) is 25.1 Å². The minimum Gasteiger partial charge on any atom is -0.508 e. The number of hydrogen-bond acceptors (Lipinski definition) is 3. The molecule has 2 aromatic rings. The average Bonchev–Trinajstić information content (AvgIpc) is 2.51. The number of aryl methyl sites for hydroxylation is 1. The summed E-state index contributed by atoms with van der Waals surface area (Å²) in [6.45, 7) is 1.95. The van der Waals surface area contributed by atoms with Crippen molar-refractivity contribution in [2.24, 2.45) is 0 Å². The second kappa shape index (κ2) is 7.40. The number of phenolic OH excluding ortho intramolecular Hbond substituents is 1. The van der Waals surface area contributed by atoms with Crippen LogP contribution >= 0.6 is 0 Å². The Balaban J connectivity index is 1.85. The summed E-state index contributed by atoms with van der Waals surface area (Å²) in [6.07, 6.45) is 0.479. The van der Waals surface area contributed by atoms with Gasteiger partial charge in [-0.25, -0.2) is 4.39 Å². The van der Waals surface area contributed by atoms with Crippen LogP contribution in [0.5, 0.6) is 5.75 Å². The van der Waals surface area contributed by atoms with Crippen LogP contribution in [0.2, 0.25) is 0 Å². The Morgan fingerprint density at radius 3 is 2.65 bits per heavy atom. The van der Waals surface area contributed by atoms with E-state index in [1.807, 2.05) is 6.07 Å². The minimum absolute atomic E-state index is 0.146. The van der Waals surface area contributed by atoms with Crippen molar-refractivity contribution in [3.63, 3.8) is 0 Å². The molecule has 0 aromatic heterocycles. The molecule has 23 heavy (non-hydrogen) atoms. The number of hydrogen-bond donors (Lipinski definition) is 3. The molecule has 6 heteroatoms. The van der Waals surface area contributed by atoms with Gasteiger partial charge in [-0.1, -0.05) is 18.2 Å². The molecule has 0 saturated carbocycles. The maximum Gasteiger partial charge on any atom is 0.313 e. The number of amides is 2. The van der Waals surface area contributed by atoms with Gasteiger partial charge < -0.3 is 15.7 Å². The third kappa shape index (κ3) is 4.81. The summed E-state index contributed by atoms with van der Waals surface area (Å²) in [5.74, 6) is -1.99. The third-order valence-electron chi connectivity index (χ3n) is 3.26. The van der Waals surface area contributed by atoms with Crippen molar-refractivity contribution in [3.05, 3.63) is 59.4 Å². The topological polar surface area (TPSA) is 78.4 Å². The maximum absolute atomic E-state index is 13.1. The van der Waals surface area contributed by atoms with Crippen LogP contribution in [-0.2, 0) is 16.0 Å². The molecule has 0 spiro atoms. The molecule has 0 unspecified atom stereocenters. The van der Waals surface area contributed by atoms with E-state index in [0.717, 1.165) is 11.6 Å². The Bertz CT molecular complexity index is 732. The van der Waals surface area contributed by atoms with E-state index in [0.29, 0.717) is 12.0 Å². The number of phenols is 1. The summed E-state index contributed by atoms with van der Waals surface area (Å²) in [6, 6.07) is 10.6. The first kappa shape index (κ1) is 16.5. The highest BCUT2D eigenvalue weighted by Crippen LogP contribution is 2.15. The number of carbonyl (C=O) groups is 2. The van der Waals surface area contributed by atoms with E-state index in [2.05, 4.69) is 10.6 Å². The van der Waals surface area contributed by atoms with Crippen molar-refractivity contribution in [1.82, 2.24) is 5.32 Å². The van der Waals surface area contributed by atoms with Crippen LogP contribution in [-0.4, -0.2) is 23.5 Å². The first-order valence-electron chi connectivity index (χ1n) is 7.09. The monoisotopic (exact) mass is 316 g/mol. The smallest absolute Gasteiger partial charge is 0.313 e. The lowest BCUT2D eigenvalue weighted by Gasteiger charge is -2.09. The van der Waals surface area contributed by atoms with Gasteiger partial charge in [0.1, 0.15) is 11.6 Å². The molecule has 0 fully saturated rings. The van der Waals surface area contributed by atoms with Crippen LogP contribution in [0.15, 0.2) is 42.5 Å². The first-order valence-corrected chi connectivity index (χ1v) is 7.09. The van der Waals surface area contributed by atoms with Crippen molar-refractivity contribution >= 4 is 17.5 Å². The van der Waals surface area contributed by atoms with Gasteiger partial charge in [0.2, 0.25) is 0 Å². The number of aromatic hydroxyl groups is 1. The Kier molecular flexibility index (Phi) is 5.30. The average molecular weight is 316 g/mol. The van der Waals surface area contributed by atoms with Gasteiger partial charge in [-0.2, -0.15) is 0 Å². The highest BCUT2D eigenvalue weighted by atomic mass is 19.1. The predicted octanol–water partition coefficient (Wildman–Crippen LogP) is 2.14. The van der Waals surface area contributed by atoms with Gasteiger partial charge in [0.05, 0.1) is 0 Å². The Labute approximate surface area is 133 Å². The highest BCUT2D eigenvalue weighted by Gasteiger charge is 2.14. The molecule has 0 atom stereocenters. The molecule has 0 bridgehead atoms. The van der Waals surface area contributed by atoms with Crippen molar-refractivity contribution in [2.45, 2.75) is 13.3 Å². The fraction of sp³-hybridized carbons (Fsp3) is 0.176. The van der Waals surface area contributed by atoms with E-state index >= 15 is 0 Å². The van der Waals surface area contributed by atoms with E-state index in [9.17, 15) is 19.1 Å². The summed E-state index contributed by atoms with van der Waals surface area (Å²) in [4.78, 5) is 23.5. The fourth-order valence-electron chi connectivity index (χ4n) is 2.02. The number of nitrogens with one attached hydrogen (secondary N) is 2. The number of benzene rings is 2. The fourth-order valence-corrected chi connectivity index (χ4v) is 2.02. The summed E-state index contributed by atoms with van der Waals surface area (Å²) in [5.41, 5.74) is 1.76. The van der Waals surface area contributed by atoms with Gasteiger partial charge in [0.25, 0.3) is 0 Å². The van der Waals surface area contributed by atoms with Crippen molar-refractivity contribution in [2.75, 3.05) is 11.9 Å². The SMILES string of the molecule is Cc1ccc(F)cc1NC(=O)C(=O)NCCc1cccc(O)c1. The number of rotatable bonds is 4. The van der Waals surface area contributed by atoms with E-state index in [4.69, 9.17) is 0 Å². The molecule has 0 aliphatic rings. The molecular formula is C17H17FN2O3. The van der Waals surface area contributed by atoms with E-state index in [-0.39, 0.29) is 18.0 Å². The molecule has 3 N–H and O–H groups in total. The van der Waals surface area contributed by atoms with Crippen molar-refractivity contribution in [1.29, 1.82) is 0 Å². The lowest BCUT2D eigenvalue weighted by atomic mass is 10.1. The van der Waals surface area contributed by atoms with Crippen LogP contribution in [0.4, 0.5) is 10.1 Å². The zero-order valence-electron chi connectivity index (χ0n) is 12.6. The molecular weight excluding hydrogens is 299 g/mol. The van der Waals surface area contributed by atoms with Gasteiger partial charge in [0.15, 0.2) is 0 Å². The molecule has 0 aliphatic carbocycles.